The third-order valence-electron chi connectivity index (χ3n) is 2.85. The molecule has 0 aromatic heterocycles. The van der Waals surface area contributed by atoms with Gasteiger partial charge >= 0.3 is 0 Å². The second-order valence-electron chi connectivity index (χ2n) is 5.67. The molecule has 0 saturated carbocycles. The van der Waals surface area contributed by atoms with E-state index in [1.165, 1.54) is 0 Å². The van der Waals surface area contributed by atoms with Crippen LogP contribution in [0.5, 0.6) is 0 Å². The molecule has 0 spiro atoms. The lowest BCUT2D eigenvalue weighted by Gasteiger charge is -2.41. The summed E-state index contributed by atoms with van der Waals surface area (Å²) in [5.74, 6) is -0.448. The van der Waals surface area contributed by atoms with Crippen LogP contribution >= 0.6 is 0 Å². The van der Waals surface area contributed by atoms with Crippen LogP contribution in [-0.2, 0) is 4.74 Å². The summed E-state index contributed by atoms with van der Waals surface area (Å²) in [6.45, 7) is 7.74. The molecule has 1 aliphatic rings. The van der Waals surface area contributed by atoms with E-state index in [9.17, 15) is 15.3 Å². The summed E-state index contributed by atoms with van der Waals surface area (Å²) in [6.07, 6.45) is -2.71. The molecule has 4 nitrogen and oxygen atoms in total. The van der Waals surface area contributed by atoms with Crippen molar-refractivity contribution >= 4 is 0 Å². The van der Waals surface area contributed by atoms with Crippen LogP contribution in [0.2, 0.25) is 0 Å². The Labute approximate surface area is 90.9 Å². The molecule has 1 fully saturated rings. The van der Waals surface area contributed by atoms with Crippen molar-refractivity contribution in [3.63, 3.8) is 0 Å². The van der Waals surface area contributed by atoms with Gasteiger partial charge < -0.3 is 20.1 Å². The molecule has 1 heterocycles. The van der Waals surface area contributed by atoms with Gasteiger partial charge in [-0.25, -0.2) is 0 Å². The average Bonchev–Trinajstić information content (AvgIpc) is 2.08. The van der Waals surface area contributed by atoms with E-state index in [4.69, 9.17) is 4.74 Å². The van der Waals surface area contributed by atoms with Crippen LogP contribution in [-0.4, -0.2) is 39.9 Å². The molecule has 0 aliphatic carbocycles. The monoisotopic (exact) mass is 218 g/mol. The van der Waals surface area contributed by atoms with Crippen LogP contribution in [0.3, 0.4) is 0 Å². The van der Waals surface area contributed by atoms with Crippen molar-refractivity contribution in [1.29, 1.82) is 0 Å². The molecular formula is C11H22O4. The number of rotatable bonds is 1. The van der Waals surface area contributed by atoms with Gasteiger partial charge in [0.1, 0.15) is 6.10 Å². The van der Waals surface area contributed by atoms with Crippen molar-refractivity contribution in [3.05, 3.63) is 0 Å². The van der Waals surface area contributed by atoms with E-state index in [0.717, 1.165) is 0 Å². The van der Waals surface area contributed by atoms with Crippen LogP contribution in [0.25, 0.3) is 0 Å². The minimum atomic E-state index is -0.990. The molecule has 1 aliphatic heterocycles. The fraction of sp³-hybridized carbons (Fsp3) is 1.00. The van der Waals surface area contributed by atoms with E-state index in [2.05, 4.69) is 0 Å². The van der Waals surface area contributed by atoms with Gasteiger partial charge in [-0.05, 0) is 11.8 Å². The second kappa shape index (κ2) is 4.37. The maximum absolute atomic E-state index is 9.80. The Balaban J connectivity index is 2.67. The Kier molecular flexibility index (Phi) is 3.76. The summed E-state index contributed by atoms with van der Waals surface area (Å²) in [5, 5.41) is 29.0. The molecule has 3 N–H and O–H groups in total. The maximum atomic E-state index is 9.80. The van der Waals surface area contributed by atoms with Crippen LogP contribution in [0.1, 0.15) is 34.1 Å². The average molecular weight is 218 g/mol. The molecule has 0 aromatic carbocycles. The molecular weight excluding hydrogens is 196 g/mol. The lowest BCUT2D eigenvalue weighted by atomic mass is 9.83. The molecule has 1 unspecified atom stereocenters. The molecule has 1 saturated heterocycles. The highest BCUT2D eigenvalue weighted by Gasteiger charge is 2.42. The standard InChI is InChI=1S/C11H22O4/c1-6-8(12)9(13)7(15-10(6)14)5-11(2,3)4/h6-10,12-14H,5H2,1-4H3/t6-,7-,8-,9-,10?/m1/s1. The Bertz CT molecular complexity index is 211. The highest BCUT2D eigenvalue weighted by Crippen LogP contribution is 2.31. The van der Waals surface area contributed by atoms with E-state index < -0.39 is 30.5 Å². The second-order valence-corrected chi connectivity index (χ2v) is 5.67. The molecule has 0 aromatic rings. The quantitative estimate of drug-likeness (QED) is 0.599. The van der Waals surface area contributed by atoms with E-state index in [1.54, 1.807) is 6.92 Å². The molecule has 0 amide bonds. The normalized spacial score (nSPS) is 43.0. The van der Waals surface area contributed by atoms with Gasteiger partial charge in [-0.1, -0.05) is 27.7 Å². The largest absolute Gasteiger partial charge is 0.390 e. The van der Waals surface area contributed by atoms with Crippen LogP contribution in [0.4, 0.5) is 0 Å². The molecule has 15 heavy (non-hydrogen) atoms. The summed E-state index contributed by atoms with van der Waals surface area (Å²) in [6, 6.07) is 0. The predicted molar refractivity (Wildman–Crippen MR) is 56.1 cm³/mol. The first kappa shape index (κ1) is 12.9. The first-order valence-corrected chi connectivity index (χ1v) is 5.42. The summed E-state index contributed by atoms with van der Waals surface area (Å²) in [4.78, 5) is 0. The smallest absolute Gasteiger partial charge is 0.160 e. The Hall–Kier alpha value is -0.160. The fourth-order valence-corrected chi connectivity index (χ4v) is 1.86. The predicted octanol–water partition coefficient (Wildman–Crippen LogP) is 0.498. The molecule has 4 heteroatoms. The summed E-state index contributed by atoms with van der Waals surface area (Å²) < 4.78 is 5.30. The zero-order valence-electron chi connectivity index (χ0n) is 9.84. The minimum absolute atomic E-state index is 0.00827. The van der Waals surface area contributed by atoms with Gasteiger partial charge in [-0.2, -0.15) is 0 Å². The Morgan fingerprint density at radius 3 is 2.07 bits per heavy atom. The lowest BCUT2D eigenvalue weighted by molar-refractivity contribution is -0.264. The van der Waals surface area contributed by atoms with Crippen molar-refractivity contribution in [2.24, 2.45) is 11.3 Å². The van der Waals surface area contributed by atoms with Crippen molar-refractivity contribution in [2.75, 3.05) is 0 Å². The number of ether oxygens (including phenoxy) is 1. The highest BCUT2D eigenvalue weighted by molar-refractivity contribution is 4.88. The van der Waals surface area contributed by atoms with Crippen molar-refractivity contribution in [3.8, 4) is 0 Å². The lowest BCUT2D eigenvalue weighted by Crippen LogP contribution is -2.54. The third-order valence-corrected chi connectivity index (χ3v) is 2.85. The first-order valence-electron chi connectivity index (χ1n) is 5.42. The van der Waals surface area contributed by atoms with E-state index in [0.29, 0.717) is 6.42 Å². The van der Waals surface area contributed by atoms with Gasteiger partial charge in [0.25, 0.3) is 0 Å². The van der Waals surface area contributed by atoms with Gasteiger partial charge in [0.2, 0.25) is 0 Å². The van der Waals surface area contributed by atoms with Crippen molar-refractivity contribution in [2.45, 2.75) is 58.7 Å². The third kappa shape index (κ3) is 3.14. The van der Waals surface area contributed by atoms with E-state index >= 15 is 0 Å². The van der Waals surface area contributed by atoms with Gasteiger partial charge in [0, 0.05) is 5.92 Å². The van der Waals surface area contributed by atoms with E-state index in [-0.39, 0.29) is 5.41 Å². The van der Waals surface area contributed by atoms with Gasteiger partial charge in [-0.15, -0.1) is 0 Å². The molecule has 90 valence electrons. The summed E-state index contributed by atoms with van der Waals surface area (Å²) >= 11 is 0. The van der Waals surface area contributed by atoms with Gasteiger partial charge in [0.05, 0.1) is 12.2 Å². The number of hydrogen-bond donors (Lipinski definition) is 3. The first-order chi connectivity index (χ1) is 6.72. The van der Waals surface area contributed by atoms with Crippen LogP contribution in [0.15, 0.2) is 0 Å². The van der Waals surface area contributed by atoms with Crippen LogP contribution in [0, 0.1) is 11.3 Å². The number of aliphatic hydroxyl groups excluding tert-OH is 3. The molecule has 1 rings (SSSR count). The van der Waals surface area contributed by atoms with Gasteiger partial charge in [0.15, 0.2) is 6.29 Å². The molecule has 0 bridgehead atoms. The Morgan fingerprint density at radius 1 is 1.07 bits per heavy atom. The topological polar surface area (TPSA) is 69.9 Å². The summed E-state index contributed by atoms with van der Waals surface area (Å²) in [5.41, 5.74) is -0.00827. The highest BCUT2D eigenvalue weighted by atomic mass is 16.6. The zero-order valence-corrected chi connectivity index (χ0v) is 9.84. The van der Waals surface area contributed by atoms with Crippen molar-refractivity contribution in [1.82, 2.24) is 0 Å². The van der Waals surface area contributed by atoms with Gasteiger partial charge in [-0.3, -0.25) is 0 Å². The van der Waals surface area contributed by atoms with Crippen molar-refractivity contribution < 1.29 is 20.1 Å². The SMILES string of the molecule is C[C@H]1C(O)O[C@H](CC(C)(C)C)[C@@H](O)[C@@H]1O. The maximum Gasteiger partial charge on any atom is 0.160 e. The zero-order chi connectivity index (χ0) is 11.8. The summed E-state index contributed by atoms with van der Waals surface area (Å²) in [7, 11) is 0. The number of aliphatic hydroxyl groups is 3. The fourth-order valence-electron chi connectivity index (χ4n) is 1.86. The van der Waals surface area contributed by atoms with E-state index in [1.807, 2.05) is 20.8 Å². The Morgan fingerprint density at radius 2 is 1.60 bits per heavy atom. The minimum Gasteiger partial charge on any atom is -0.390 e. The number of hydrogen-bond acceptors (Lipinski definition) is 4. The van der Waals surface area contributed by atoms with Crippen LogP contribution < -0.4 is 0 Å². The molecule has 5 atom stereocenters. The molecule has 0 radical (unpaired) electrons.